The molecule has 0 spiro atoms. The van der Waals surface area contributed by atoms with Crippen molar-refractivity contribution in [3.05, 3.63) is 39.2 Å². The number of benzene rings is 1. The molecule has 7 heteroatoms. The van der Waals surface area contributed by atoms with E-state index in [2.05, 4.69) is 10.6 Å². The van der Waals surface area contributed by atoms with Crippen molar-refractivity contribution < 1.29 is 14.1 Å². The Kier molecular flexibility index (Phi) is 4.52. The number of nitro benzene ring substituents is 1. The maximum absolute atomic E-state index is 13.5. The van der Waals surface area contributed by atoms with Gasteiger partial charge in [0.15, 0.2) is 0 Å². The number of carbonyl (C=O) groups is 1. The zero-order valence-corrected chi connectivity index (χ0v) is 12.0. The van der Waals surface area contributed by atoms with Crippen LogP contribution in [0.3, 0.4) is 0 Å². The van der Waals surface area contributed by atoms with Crippen LogP contribution in [0, 0.1) is 28.8 Å². The van der Waals surface area contributed by atoms with Gasteiger partial charge in [0.1, 0.15) is 11.4 Å². The number of carbonyl (C=O) groups excluding carboxylic acids is 1. The first kappa shape index (κ1) is 15.4. The standard InChI is InChI=1S/C14H18FN3O3/c1-8-5-10(15)6-11(13(8)18(20)21)14(19)17-12-3-4-16-7-9(12)2/h5-6,9,12,16H,3-4,7H2,1-2H3,(H,17,19). The van der Waals surface area contributed by atoms with Crippen molar-refractivity contribution in [1.82, 2.24) is 10.6 Å². The van der Waals surface area contributed by atoms with Crippen molar-refractivity contribution in [3.63, 3.8) is 0 Å². The fraction of sp³-hybridized carbons (Fsp3) is 0.500. The number of nitro groups is 1. The molecule has 2 N–H and O–H groups in total. The van der Waals surface area contributed by atoms with Crippen LogP contribution >= 0.6 is 0 Å². The molecule has 1 fully saturated rings. The van der Waals surface area contributed by atoms with E-state index < -0.39 is 16.6 Å². The number of nitrogens with one attached hydrogen (secondary N) is 2. The molecular weight excluding hydrogens is 277 g/mol. The molecule has 1 saturated heterocycles. The lowest BCUT2D eigenvalue weighted by molar-refractivity contribution is -0.385. The summed E-state index contributed by atoms with van der Waals surface area (Å²) >= 11 is 0. The van der Waals surface area contributed by atoms with Crippen LogP contribution in [0.25, 0.3) is 0 Å². The van der Waals surface area contributed by atoms with Gasteiger partial charge in [0.05, 0.1) is 4.92 Å². The summed E-state index contributed by atoms with van der Waals surface area (Å²) in [6.45, 7) is 4.96. The highest BCUT2D eigenvalue weighted by Gasteiger charge is 2.28. The normalized spacial score (nSPS) is 21.9. The van der Waals surface area contributed by atoms with Gasteiger partial charge in [0.2, 0.25) is 0 Å². The van der Waals surface area contributed by atoms with Gasteiger partial charge >= 0.3 is 0 Å². The van der Waals surface area contributed by atoms with Crippen LogP contribution in [0.1, 0.15) is 29.3 Å². The number of halogens is 1. The molecule has 1 amide bonds. The second kappa shape index (κ2) is 6.17. The van der Waals surface area contributed by atoms with Gasteiger partial charge in [-0.05, 0) is 44.5 Å². The van der Waals surface area contributed by atoms with E-state index in [4.69, 9.17) is 0 Å². The molecule has 1 aliphatic heterocycles. The summed E-state index contributed by atoms with van der Waals surface area (Å²) in [6.07, 6.45) is 0.745. The summed E-state index contributed by atoms with van der Waals surface area (Å²) < 4.78 is 13.5. The van der Waals surface area contributed by atoms with E-state index in [1.54, 1.807) is 0 Å². The SMILES string of the molecule is Cc1cc(F)cc(C(=O)NC2CCNCC2C)c1[N+](=O)[O-]. The van der Waals surface area contributed by atoms with Gasteiger partial charge in [0, 0.05) is 11.6 Å². The van der Waals surface area contributed by atoms with Gasteiger partial charge in [-0.25, -0.2) is 4.39 Å². The second-order valence-electron chi connectivity index (χ2n) is 5.43. The maximum Gasteiger partial charge on any atom is 0.285 e. The van der Waals surface area contributed by atoms with E-state index in [9.17, 15) is 19.3 Å². The largest absolute Gasteiger partial charge is 0.349 e. The fourth-order valence-corrected chi connectivity index (χ4v) is 2.63. The number of nitrogens with zero attached hydrogens (tertiary/aromatic N) is 1. The number of rotatable bonds is 3. The molecule has 1 aromatic carbocycles. The van der Waals surface area contributed by atoms with Crippen LogP contribution < -0.4 is 10.6 Å². The first-order chi connectivity index (χ1) is 9.90. The van der Waals surface area contributed by atoms with Crippen molar-refractivity contribution >= 4 is 11.6 Å². The van der Waals surface area contributed by atoms with Crippen LogP contribution in [-0.2, 0) is 0 Å². The van der Waals surface area contributed by atoms with Gasteiger partial charge in [-0.2, -0.15) is 0 Å². The Morgan fingerprint density at radius 1 is 1.52 bits per heavy atom. The third kappa shape index (κ3) is 3.36. The minimum absolute atomic E-state index is 0.0677. The van der Waals surface area contributed by atoms with Gasteiger partial charge in [-0.1, -0.05) is 6.92 Å². The predicted octanol–water partition coefficient (Wildman–Crippen LogP) is 1.77. The van der Waals surface area contributed by atoms with Crippen LogP contribution in [0.4, 0.5) is 10.1 Å². The number of amides is 1. The van der Waals surface area contributed by atoms with E-state index in [0.717, 1.165) is 31.6 Å². The van der Waals surface area contributed by atoms with E-state index in [-0.39, 0.29) is 28.8 Å². The summed E-state index contributed by atoms with van der Waals surface area (Å²) in [4.78, 5) is 22.8. The number of aryl methyl sites for hydroxylation is 1. The summed E-state index contributed by atoms with van der Waals surface area (Å²) in [6, 6.07) is 1.91. The molecule has 0 radical (unpaired) electrons. The van der Waals surface area contributed by atoms with E-state index in [1.807, 2.05) is 6.92 Å². The molecule has 0 saturated carbocycles. The molecule has 2 rings (SSSR count). The molecule has 0 aromatic heterocycles. The quantitative estimate of drug-likeness (QED) is 0.657. The first-order valence-electron chi connectivity index (χ1n) is 6.86. The number of hydrogen-bond donors (Lipinski definition) is 2. The summed E-state index contributed by atoms with van der Waals surface area (Å²) in [5.74, 6) is -1.03. The minimum atomic E-state index is -0.651. The molecule has 1 aromatic rings. The number of hydrogen-bond acceptors (Lipinski definition) is 4. The van der Waals surface area contributed by atoms with Crippen molar-refractivity contribution in [2.45, 2.75) is 26.3 Å². The van der Waals surface area contributed by atoms with Gasteiger partial charge in [-0.3, -0.25) is 14.9 Å². The van der Waals surface area contributed by atoms with Gasteiger partial charge in [-0.15, -0.1) is 0 Å². The van der Waals surface area contributed by atoms with Crippen molar-refractivity contribution in [2.24, 2.45) is 5.92 Å². The Morgan fingerprint density at radius 3 is 2.86 bits per heavy atom. The molecule has 114 valence electrons. The highest BCUT2D eigenvalue weighted by molar-refractivity contribution is 5.98. The highest BCUT2D eigenvalue weighted by Crippen LogP contribution is 2.25. The lowest BCUT2D eigenvalue weighted by Crippen LogP contribution is -2.48. The topological polar surface area (TPSA) is 84.3 Å². The Morgan fingerprint density at radius 2 is 2.24 bits per heavy atom. The third-order valence-electron chi connectivity index (χ3n) is 3.79. The molecule has 0 bridgehead atoms. The summed E-state index contributed by atoms with van der Waals surface area (Å²) in [7, 11) is 0. The van der Waals surface area contributed by atoms with Crippen LogP contribution in [0.15, 0.2) is 12.1 Å². The van der Waals surface area contributed by atoms with E-state index in [0.29, 0.717) is 0 Å². The Balaban J connectivity index is 2.28. The summed E-state index contributed by atoms with van der Waals surface area (Å²) in [5, 5.41) is 17.1. The van der Waals surface area contributed by atoms with E-state index >= 15 is 0 Å². The van der Waals surface area contributed by atoms with Crippen molar-refractivity contribution in [2.75, 3.05) is 13.1 Å². The second-order valence-corrected chi connectivity index (χ2v) is 5.43. The van der Waals surface area contributed by atoms with Crippen molar-refractivity contribution in [1.29, 1.82) is 0 Å². The van der Waals surface area contributed by atoms with E-state index in [1.165, 1.54) is 6.92 Å². The fourth-order valence-electron chi connectivity index (χ4n) is 2.63. The molecule has 1 heterocycles. The molecule has 21 heavy (non-hydrogen) atoms. The monoisotopic (exact) mass is 295 g/mol. The molecule has 2 unspecified atom stereocenters. The molecule has 6 nitrogen and oxygen atoms in total. The lowest BCUT2D eigenvalue weighted by atomic mass is 9.95. The van der Waals surface area contributed by atoms with Crippen molar-refractivity contribution in [3.8, 4) is 0 Å². The Labute approximate surface area is 121 Å². The van der Waals surface area contributed by atoms with Crippen LogP contribution in [0.2, 0.25) is 0 Å². The Bertz CT molecular complexity index is 577. The molecular formula is C14H18FN3O3. The Hall–Kier alpha value is -2.02. The van der Waals surface area contributed by atoms with Crippen LogP contribution in [-0.4, -0.2) is 30.0 Å². The number of piperidine rings is 1. The molecule has 0 aliphatic carbocycles. The zero-order chi connectivity index (χ0) is 15.6. The lowest BCUT2D eigenvalue weighted by Gasteiger charge is -2.30. The zero-order valence-electron chi connectivity index (χ0n) is 12.0. The average Bonchev–Trinajstić information content (AvgIpc) is 2.39. The summed E-state index contributed by atoms with van der Waals surface area (Å²) in [5.41, 5.74) is -0.415. The third-order valence-corrected chi connectivity index (χ3v) is 3.79. The maximum atomic E-state index is 13.5. The first-order valence-corrected chi connectivity index (χ1v) is 6.86. The molecule has 2 atom stereocenters. The van der Waals surface area contributed by atoms with Crippen LogP contribution in [0.5, 0.6) is 0 Å². The van der Waals surface area contributed by atoms with Gasteiger partial charge < -0.3 is 10.6 Å². The highest BCUT2D eigenvalue weighted by atomic mass is 19.1. The minimum Gasteiger partial charge on any atom is -0.349 e. The predicted molar refractivity (Wildman–Crippen MR) is 75.7 cm³/mol. The smallest absolute Gasteiger partial charge is 0.285 e. The average molecular weight is 295 g/mol. The molecule has 1 aliphatic rings. The van der Waals surface area contributed by atoms with Gasteiger partial charge in [0.25, 0.3) is 11.6 Å².